The normalized spacial score (nSPS) is 12.7. The van der Waals surface area contributed by atoms with Gasteiger partial charge < -0.3 is 0 Å². The van der Waals surface area contributed by atoms with Crippen molar-refractivity contribution in [3.8, 4) is 0 Å². The fraction of sp³-hybridized carbons (Fsp3) is 0.0909. The molecule has 37 heavy (non-hydrogen) atoms. The smallest absolute Gasteiger partial charge is 0.273 e. The van der Waals surface area contributed by atoms with Crippen LogP contribution in [0.5, 0.6) is 0 Å². The Labute approximate surface area is 229 Å². The number of hydrazone groups is 1. The van der Waals surface area contributed by atoms with Crippen molar-refractivity contribution in [2.75, 3.05) is 5.43 Å². The fourth-order valence-electron chi connectivity index (χ4n) is 2.65. The van der Waals surface area contributed by atoms with Gasteiger partial charge in [-0.25, -0.2) is 13.4 Å². The molecule has 0 saturated carbocycles. The van der Waals surface area contributed by atoms with E-state index in [2.05, 4.69) is 21.0 Å². The molecule has 0 aliphatic heterocycles. The third-order valence-corrected chi connectivity index (χ3v) is 7.51. The van der Waals surface area contributed by atoms with Crippen molar-refractivity contribution in [3.05, 3.63) is 97.1 Å². The average molecular weight is 614 g/mol. The number of anilines is 1. The molecule has 2 aromatic carbocycles. The maximum atomic E-state index is 13.1. The molecule has 7 nitrogen and oxygen atoms in total. The minimum absolute atomic E-state index is 0.107. The highest BCUT2D eigenvalue weighted by Crippen LogP contribution is 2.32. The molecule has 0 spiro atoms. The number of hydrogen-bond acceptors (Lipinski definition) is 7. The summed E-state index contributed by atoms with van der Waals surface area (Å²) in [4.78, 5) is 8.35. The van der Waals surface area contributed by atoms with Crippen molar-refractivity contribution >= 4 is 68.3 Å². The summed E-state index contributed by atoms with van der Waals surface area (Å²) in [5.74, 6) is -0.230. The van der Waals surface area contributed by atoms with Gasteiger partial charge in [-0.1, -0.05) is 52.5 Å². The van der Waals surface area contributed by atoms with E-state index >= 15 is 0 Å². The Hall–Kier alpha value is -2.54. The van der Waals surface area contributed by atoms with Gasteiger partial charge in [0.15, 0.2) is 5.82 Å². The number of rotatable bonds is 9. The molecule has 0 bridgehead atoms. The van der Waals surface area contributed by atoms with E-state index in [0.29, 0.717) is 32.9 Å². The highest BCUT2D eigenvalue weighted by Gasteiger charge is 2.31. The van der Waals surface area contributed by atoms with Crippen LogP contribution in [-0.4, -0.2) is 19.6 Å². The number of pyridine rings is 1. The van der Waals surface area contributed by atoms with E-state index in [4.69, 9.17) is 51.2 Å². The summed E-state index contributed by atoms with van der Waals surface area (Å²) in [6.07, 6.45) is -2.19. The number of aromatic nitrogens is 1. The van der Waals surface area contributed by atoms with Crippen LogP contribution >= 0.6 is 46.4 Å². The first kappa shape index (κ1) is 29.0. The third-order valence-electron chi connectivity index (χ3n) is 4.53. The number of sulfone groups is 1. The van der Waals surface area contributed by atoms with Crippen LogP contribution in [0.4, 0.5) is 19.0 Å². The van der Waals surface area contributed by atoms with Crippen molar-refractivity contribution in [2.45, 2.75) is 17.7 Å². The standard InChI is InChI=1S/C22H15Cl4F3N4O3S/c23-14-4-6-15(7-5-14)37(34,35)16(11-32-36-12-17-18(24)2-1-3-19(17)25)10-31-33-21-20(26)8-13(9-30-21)22(27,28)29/h1-11,32H,12H2,(H,30,33)/b16-11+,31-10+. The van der Waals surface area contributed by atoms with Crippen molar-refractivity contribution in [1.29, 1.82) is 0 Å². The zero-order valence-corrected chi connectivity index (χ0v) is 22.1. The Kier molecular flexibility index (Phi) is 9.68. The van der Waals surface area contributed by atoms with E-state index in [9.17, 15) is 21.6 Å². The number of halogens is 7. The summed E-state index contributed by atoms with van der Waals surface area (Å²) in [5.41, 5.74) is 4.11. The van der Waals surface area contributed by atoms with Crippen LogP contribution in [-0.2, 0) is 27.5 Å². The molecule has 0 aliphatic carbocycles. The molecule has 1 heterocycles. The van der Waals surface area contributed by atoms with Gasteiger partial charge in [0.05, 0.1) is 21.7 Å². The van der Waals surface area contributed by atoms with Gasteiger partial charge in [-0.2, -0.15) is 18.3 Å². The maximum absolute atomic E-state index is 13.1. The minimum atomic E-state index is -4.64. The molecule has 196 valence electrons. The number of nitrogens with zero attached hydrogens (tertiary/aromatic N) is 2. The molecule has 0 aliphatic rings. The van der Waals surface area contributed by atoms with Crippen molar-refractivity contribution in [2.24, 2.45) is 5.10 Å². The van der Waals surface area contributed by atoms with Crippen molar-refractivity contribution < 1.29 is 26.4 Å². The highest BCUT2D eigenvalue weighted by molar-refractivity contribution is 7.96. The Morgan fingerprint density at radius 2 is 1.68 bits per heavy atom. The molecule has 15 heteroatoms. The van der Waals surface area contributed by atoms with Crippen LogP contribution in [0.25, 0.3) is 0 Å². The molecule has 0 saturated heterocycles. The zero-order valence-electron chi connectivity index (χ0n) is 18.2. The lowest BCUT2D eigenvalue weighted by atomic mass is 10.2. The Balaban J connectivity index is 1.83. The predicted molar refractivity (Wildman–Crippen MR) is 137 cm³/mol. The second-order valence-electron chi connectivity index (χ2n) is 7.03. The summed E-state index contributed by atoms with van der Waals surface area (Å²) in [6, 6.07) is 10.9. The van der Waals surface area contributed by atoms with Gasteiger partial charge in [-0.3, -0.25) is 15.7 Å². The first-order valence-corrected chi connectivity index (χ1v) is 12.9. The van der Waals surface area contributed by atoms with Gasteiger partial charge in [-0.05, 0) is 42.5 Å². The number of nitrogens with one attached hydrogen (secondary N) is 2. The topological polar surface area (TPSA) is 92.7 Å². The fourth-order valence-corrected chi connectivity index (χ4v) is 4.65. The molecule has 0 radical (unpaired) electrons. The van der Waals surface area contributed by atoms with Gasteiger partial charge in [0.1, 0.15) is 11.5 Å². The van der Waals surface area contributed by atoms with Crippen LogP contribution in [0.2, 0.25) is 20.1 Å². The summed E-state index contributed by atoms with van der Waals surface area (Å²) in [7, 11) is -4.15. The third kappa shape index (κ3) is 7.73. The molecule has 0 atom stereocenters. The van der Waals surface area contributed by atoms with E-state index in [1.54, 1.807) is 18.2 Å². The van der Waals surface area contributed by atoms with E-state index in [-0.39, 0.29) is 22.3 Å². The van der Waals surface area contributed by atoms with Crippen molar-refractivity contribution in [3.63, 3.8) is 0 Å². The monoisotopic (exact) mass is 612 g/mol. The quantitative estimate of drug-likeness (QED) is 0.151. The lowest BCUT2D eigenvalue weighted by molar-refractivity contribution is -0.137. The van der Waals surface area contributed by atoms with Crippen LogP contribution in [0.3, 0.4) is 0 Å². The second-order valence-corrected chi connectivity index (χ2v) is 10.6. The van der Waals surface area contributed by atoms with Gasteiger partial charge in [-0.15, -0.1) is 0 Å². The van der Waals surface area contributed by atoms with Gasteiger partial charge in [0, 0.05) is 33.0 Å². The first-order valence-electron chi connectivity index (χ1n) is 9.92. The van der Waals surface area contributed by atoms with Gasteiger partial charge in [0.2, 0.25) is 9.84 Å². The van der Waals surface area contributed by atoms with Gasteiger partial charge >= 0.3 is 6.18 Å². The number of hydrogen-bond donors (Lipinski definition) is 2. The minimum Gasteiger partial charge on any atom is -0.273 e. The molecular weight excluding hydrogens is 599 g/mol. The van der Waals surface area contributed by atoms with E-state index in [1.165, 1.54) is 24.3 Å². The van der Waals surface area contributed by atoms with Crippen molar-refractivity contribution in [1.82, 2.24) is 10.5 Å². The van der Waals surface area contributed by atoms with Crippen LogP contribution in [0.1, 0.15) is 11.1 Å². The number of alkyl halides is 3. The Bertz CT molecular complexity index is 1410. The van der Waals surface area contributed by atoms with E-state index in [1.807, 2.05) is 0 Å². The molecule has 2 N–H and O–H groups in total. The summed E-state index contributed by atoms with van der Waals surface area (Å²) < 4.78 is 64.7. The molecule has 0 unspecified atom stereocenters. The molecule has 0 amide bonds. The van der Waals surface area contributed by atoms with Crippen LogP contribution in [0.15, 0.2) is 75.8 Å². The van der Waals surface area contributed by atoms with Crippen LogP contribution < -0.4 is 10.9 Å². The molecule has 0 fully saturated rings. The summed E-state index contributed by atoms with van der Waals surface area (Å²) >= 11 is 23.9. The Morgan fingerprint density at radius 1 is 1.03 bits per heavy atom. The Morgan fingerprint density at radius 3 is 2.27 bits per heavy atom. The largest absolute Gasteiger partial charge is 0.417 e. The van der Waals surface area contributed by atoms with E-state index < -0.39 is 26.5 Å². The molecule has 3 aromatic rings. The maximum Gasteiger partial charge on any atom is 0.417 e. The summed E-state index contributed by atoms with van der Waals surface area (Å²) in [5, 5.41) is 4.39. The van der Waals surface area contributed by atoms with Gasteiger partial charge in [0.25, 0.3) is 0 Å². The number of benzene rings is 2. The average Bonchev–Trinajstić information content (AvgIpc) is 2.82. The molecule has 3 rings (SSSR count). The number of allylic oxidation sites excluding steroid dienone is 1. The SMILES string of the molecule is O=S(=O)(C(/C=N/Nc1ncc(C(F)(F)F)cc1Cl)=C/NOCc1c(Cl)cccc1Cl)c1ccc(Cl)cc1. The highest BCUT2D eigenvalue weighted by atomic mass is 35.5. The number of hydroxylamine groups is 1. The molecule has 1 aromatic heterocycles. The van der Waals surface area contributed by atoms with E-state index in [0.717, 1.165) is 12.4 Å². The predicted octanol–water partition coefficient (Wildman–Crippen LogP) is 7.15. The second kappa shape index (κ2) is 12.3. The van der Waals surface area contributed by atoms with Crippen LogP contribution in [0, 0.1) is 0 Å². The lowest BCUT2D eigenvalue weighted by Gasteiger charge is -2.10. The molecular formula is C22H15Cl4F3N4O3S. The summed E-state index contributed by atoms with van der Waals surface area (Å²) in [6.45, 7) is -0.107. The zero-order chi connectivity index (χ0) is 27.2. The lowest BCUT2D eigenvalue weighted by Crippen LogP contribution is -2.14. The first-order chi connectivity index (χ1) is 17.4.